The molecule has 0 spiro atoms. The number of aromatic nitrogens is 1. The van der Waals surface area contributed by atoms with Gasteiger partial charge >= 0.3 is 0 Å². The van der Waals surface area contributed by atoms with E-state index in [1.54, 1.807) is 10.6 Å². The summed E-state index contributed by atoms with van der Waals surface area (Å²) in [5.41, 5.74) is 1.55. The van der Waals surface area contributed by atoms with E-state index in [4.69, 9.17) is 18.6 Å². The second kappa shape index (κ2) is 4.85. The van der Waals surface area contributed by atoms with Gasteiger partial charge in [0.05, 0.1) is 4.88 Å². The highest BCUT2D eigenvalue weighted by atomic mass is 35.7. The van der Waals surface area contributed by atoms with Gasteiger partial charge in [-0.1, -0.05) is 11.3 Å². The number of nitrogens with zero attached hydrogens (tertiary/aromatic N) is 1. The molecule has 7 heteroatoms. The third-order valence-corrected chi connectivity index (χ3v) is 3.71. The van der Waals surface area contributed by atoms with Crippen LogP contribution >= 0.6 is 11.3 Å². The van der Waals surface area contributed by atoms with E-state index in [9.17, 15) is 0 Å². The molecule has 3 rings (SSSR count). The van der Waals surface area contributed by atoms with Crippen molar-refractivity contribution in [2.45, 2.75) is 19.3 Å². The van der Waals surface area contributed by atoms with Gasteiger partial charge in [0.25, 0.3) is 4.83 Å². The summed E-state index contributed by atoms with van der Waals surface area (Å²) in [4.78, 5) is 2.99. The summed E-state index contributed by atoms with van der Waals surface area (Å²) in [6, 6.07) is 6.42. The minimum absolute atomic E-state index is 1.27. The quantitative estimate of drug-likeness (QED) is 0.486. The number of hydrogen-bond acceptors (Lipinski definition) is 5. The van der Waals surface area contributed by atoms with Crippen molar-refractivity contribution in [3.05, 3.63) is 35.0 Å². The van der Waals surface area contributed by atoms with Gasteiger partial charge in [-0.15, -0.1) is 10.2 Å². The highest BCUT2D eigenvalue weighted by Gasteiger charge is 2.24. The molecule has 0 fully saturated rings. The van der Waals surface area contributed by atoms with Crippen molar-refractivity contribution in [2.75, 3.05) is 0 Å². The van der Waals surface area contributed by atoms with Crippen LogP contribution in [0.1, 0.15) is 17.0 Å². The first kappa shape index (κ1) is 12.7. The van der Waals surface area contributed by atoms with E-state index in [0.717, 1.165) is 0 Å². The molecule has 0 N–H and O–H groups in total. The van der Waals surface area contributed by atoms with Crippen LogP contribution in [-0.4, -0.2) is 0 Å². The van der Waals surface area contributed by atoms with Gasteiger partial charge in [0.1, 0.15) is 0 Å². The molecular formula is C10H10ClNO4S. The van der Waals surface area contributed by atoms with E-state index in [1.165, 1.54) is 24.1 Å². The minimum atomic E-state index is -4.94. The Balaban J connectivity index is 0.000000188. The molecule has 0 unspecified atom stereocenters. The van der Waals surface area contributed by atoms with Crippen LogP contribution in [0.5, 0.6) is 0 Å². The fraction of sp³-hybridized carbons (Fsp3) is 0.300. The Morgan fingerprint density at radius 2 is 1.82 bits per heavy atom. The molecule has 2 aromatic rings. The smallest absolute Gasteiger partial charge is 0.222 e. The van der Waals surface area contributed by atoms with Crippen molar-refractivity contribution in [3.63, 3.8) is 0 Å². The normalized spacial score (nSPS) is 14.4. The van der Waals surface area contributed by atoms with Crippen molar-refractivity contribution in [1.29, 1.82) is 0 Å². The molecule has 0 atom stereocenters. The molecule has 0 aromatic carbocycles. The topological polar surface area (TPSA) is 96.3 Å². The zero-order valence-corrected chi connectivity index (χ0v) is 10.4. The highest BCUT2D eigenvalue weighted by Crippen LogP contribution is 2.26. The number of halogens is 1. The lowest BCUT2D eigenvalue weighted by Gasteiger charge is -2.17. The summed E-state index contributed by atoms with van der Waals surface area (Å²) in [6.07, 6.45) is 6.08. The fourth-order valence-corrected chi connectivity index (χ4v) is 3.16. The zero-order valence-electron chi connectivity index (χ0n) is 8.80. The van der Waals surface area contributed by atoms with Crippen LogP contribution in [-0.2, 0) is 12.8 Å². The Morgan fingerprint density at radius 1 is 1.12 bits per heavy atom. The molecule has 2 heterocycles. The molecule has 0 amide bonds. The number of rotatable bonds is 0. The van der Waals surface area contributed by atoms with Gasteiger partial charge in [-0.05, 0) is 18.9 Å². The molecule has 5 nitrogen and oxygen atoms in total. The molecule has 0 saturated carbocycles. The van der Waals surface area contributed by atoms with Crippen molar-refractivity contribution >= 4 is 16.2 Å². The van der Waals surface area contributed by atoms with Gasteiger partial charge in [0.2, 0.25) is 5.69 Å². The maximum absolute atomic E-state index is 8.49. The van der Waals surface area contributed by atoms with E-state index in [0.29, 0.717) is 0 Å². The Bertz CT molecular complexity index is 516. The van der Waals surface area contributed by atoms with Crippen LogP contribution in [0.3, 0.4) is 0 Å². The van der Waals surface area contributed by atoms with E-state index in [1.807, 2.05) is 11.3 Å². The van der Waals surface area contributed by atoms with E-state index in [2.05, 4.69) is 28.8 Å². The summed E-state index contributed by atoms with van der Waals surface area (Å²) in [7, 11) is -4.94. The Morgan fingerprint density at radius 3 is 2.53 bits per heavy atom. The van der Waals surface area contributed by atoms with Crippen LogP contribution in [0.4, 0.5) is 0 Å². The van der Waals surface area contributed by atoms with Crippen LogP contribution in [0.2, 0.25) is 0 Å². The lowest BCUT2D eigenvalue weighted by atomic mass is 10.3. The molecule has 2 aromatic heterocycles. The Labute approximate surface area is 104 Å². The van der Waals surface area contributed by atoms with Crippen LogP contribution in [0.15, 0.2) is 24.4 Å². The van der Waals surface area contributed by atoms with E-state index in [-0.39, 0.29) is 0 Å². The van der Waals surface area contributed by atoms with E-state index < -0.39 is 10.2 Å². The molecule has 1 aliphatic rings. The van der Waals surface area contributed by atoms with Gasteiger partial charge in [-0.2, -0.15) is 4.40 Å². The zero-order chi connectivity index (χ0) is 12.5. The molecular weight excluding hydrogens is 266 g/mol. The fourth-order valence-electron chi connectivity index (χ4n) is 1.92. The number of hydrogen-bond donors (Lipinski definition) is 0. The third-order valence-electron chi connectivity index (χ3n) is 2.48. The van der Waals surface area contributed by atoms with Crippen molar-refractivity contribution < 1.29 is 33.3 Å². The highest BCUT2D eigenvalue weighted by molar-refractivity contribution is 7.17. The third kappa shape index (κ3) is 3.35. The molecule has 0 saturated heterocycles. The van der Waals surface area contributed by atoms with Crippen molar-refractivity contribution in [2.24, 2.45) is 0 Å². The predicted molar refractivity (Wildman–Crippen MR) is 49.5 cm³/mol. The standard InChI is InChI=1S/C10H10NS.ClHO4/c1-2-7-11-8-4-3-5-9(8)12-10(11)6-1;2-1(3,4)5/h1-2,6-7H,3-5H2;(H,2,3,4,5)/q+1;/p-1. The number of fused-ring (bicyclic) bond motifs is 3. The molecule has 0 radical (unpaired) electrons. The summed E-state index contributed by atoms with van der Waals surface area (Å²) >= 11 is 1.95. The van der Waals surface area contributed by atoms with Crippen molar-refractivity contribution in [3.8, 4) is 0 Å². The monoisotopic (exact) mass is 275 g/mol. The number of aryl methyl sites for hydroxylation is 2. The van der Waals surface area contributed by atoms with Gasteiger partial charge < -0.3 is 0 Å². The first-order valence-corrected chi connectivity index (χ1v) is 7.03. The first-order chi connectivity index (χ1) is 7.95. The molecule has 0 bridgehead atoms. The average Bonchev–Trinajstić information content (AvgIpc) is 2.73. The van der Waals surface area contributed by atoms with Crippen LogP contribution < -0.4 is 23.0 Å². The maximum atomic E-state index is 8.49. The summed E-state index contributed by atoms with van der Waals surface area (Å²) in [5.74, 6) is 0. The van der Waals surface area contributed by atoms with Crippen LogP contribution in [0.25, 0.3) is 4.83 Å². The molecule has 0 aliphatic heterocycles. The molecule has 17 heavy (non-hydrogen) atoms. The summed E-state index contributed by atoms with van der Waals surface area (Å²) in [6.45, 7) is 0. The molecule has 1 aliphatic carbocycles. The average molecular weight is 276 g/mol. The lowest BCUT2D eigenvalue weighted by Crippen LogP contribution is -2.68. The van der Waals surface area contributed by atoms with Gasteiger partial charge in [0, 0.05) is 18.6 Å². The molecule has 92 valence electrons. The van der Waals surface area contributed by atoms with Gasteiger partial charge in [-0.3, -0.25) is 0 Å². The van der Waals surface area contributed by atoms with Gasteiger partial charge in [-0.25, -0.2) is 18.6 Å². The first-order valence-electron chi connectivity index (χ1n) is 4.98. The summed E-state index contributed by atoms with van der Waals surface area (Å²) in [5, 5.41) is 0. The van der Waals surface area contributed by atoms with Gasteiger partial charge in [0.15, 0.2) is 6.20 Å². The van der Waals surface area contributed by atoms with Crippen molar-refractivity contribution in [1.82, 2.24) is 0 Å². The predicted octanol–water partition coefficient (Wildman–Crippen LogP) is -2.78. The Kier molecular flexibility index (Phi) is 3.62. The Hall–Kier alpha value is -0.760. The second-order valence-electron chi connectivity index (χ2n) is 3.61. The second-order valence-corrected chi connectivity index (χ2v) is 5.48. The number of pyridine rings is 1. The SMILES string of the molecule is [O-][Cl+3]([O-])([O-])[O-].c1cc[n+]2c3c(sc2c1)CCC3. The lowest BCUT2D eigenvalue weighted by molar-refractivity contribution is -2.00. The van der Waals surface area contributed by atoms with Crippen LogP contribution in [0, 0.1) is 10.2 Å². The maximum Gasteiger partial charge on any atom is 0.267 e. The minimum Gasteiger partial charge on any atom is -0.222 e. The summed E-state index contributed by atoms with van der Waals surface area (Å²) < 4.78 is 36.3. The van der Waals surface area contributed by atoms with E-state index >= 15 is 0 Å². The largest absolute Gasteiger partial charge is 0.267 e. The number of thiazole rings is 1.